The average molecular weight is 175 g/mol. The van der Waals surface area contributed by atoms with E-state index in [4.69, 9.17) is 0 Å². The van der Waals surface area contributed by atoms with Gasteiger partial charge in [0.25, 0.3) is 0 Å². The Bertz CT molecular complexity index is 76.7. The first-order chi connectivity index (χ1) is 2.94. The molecule has 0 aliphatic rings. The van der Waals surface area contributed by atoms with Crippen molar-refractivity contribution < 1.29 is 24.2 Å². The molecular weight excluding hydrogens is 163 g/mol. The molecule has 0 aromatic heterocycles. The summed E-state index contributed by atoms with van der Waals surface area (Å²) in [6, 6.07) is 0. The van der Waals surface area contributed by atoms with Gasteiger partial charge in [0.1, 0.15) is 0 Å². The van der Waals surface area contributed by atoms with E-state index in [-0.39, 0.29) is 0 Å². The van der Waals surface area contributed by atoms with Crippen molar-refractivity contribution in [1.29, 1.82) is 0 Å². The molecule has 0 fully saturated rings. The third-order valence-electron chi connectivity index (χ3n) is 1.12. The van der Waals surface area contributed by atoms with E-state index in [9.17, 15) is 0 Å². The SMILES string of the molecule is C[C](=[Zr+2])C(C)(C)C. The zero-order chi connectivity index (χ0) is 6.08. The van der Waals surface area contributed by atoms with Crippen LogP contribution in [0, 0.1) is 5.41 Å². The molecule has 0 spiro atoms. The molecule has 0 nitrogen and oxygen atoms in total. The zero-order valence-electron chi connectivity index (χ0n) is 5.50. The Hall–Kier alpha value is 0.753. The van der Waals surface area contributed by atoms with E-state index >= 15 is 0 Å². The van der Waals surface area contributed by atoms with E-state index < -0.39 is 0 Å². The van der Waals surface area contributed by atoms with Crippen LogP contribution in [0.15, 0.2) is 0 Å². The standard InChI is InChI=1S/C6H12.Zr/c1-5-6(2,3)4;/h1-4H3;/q;+2. The van der Waals surface area contributed by atoms with Gasteiger partial charge in [-0.2, -0.15) is 0 Å². The topological polar surface area (TPSA) is 0 Å². The van der Waals surface area contributed by atoms with Gasteiger partial charge in [0.2, 0.25) is 0 Å². The van der Waals surface area contributed by atoms with Crippen LogP contribution in [0.25, 0.3) is 0 Å². The van der Waals surface area contributed by atoms with Crippen LogP contribution < -0.4 is 0 Å². The molecule has 0 heterocycles. The fraction of sp³-hybridized carbons (Fsp3) is 0.833. The van der Waals surface area contributed by atoms with Crippen molar-refractivity contribution >= 4 is 3.21 Å². The molecule has 38 valence electrons. The average Bonchev–Trinajstić information content (AvgIpc) is 1.31. The molecule has 0 saturated carbocycles. The van der Waals surface area contributed by atoms with Crippen LogP contribution in [-0.2, 0) is 24.2 Å². The number of hydrogen-bond donors (Lipinski definition) is 0. The first kappa shape index (κ1) is 7.75. The summed E-state index contributed by atoms with van der Waals surface area (Å²) in [5.41, 5.74) is 0.457. The van der Waals surface area contributed by atoms with Crippen LogP contribution in [0.3, 0.4) is 0 Å². The maximum atomic E-state index is 2.25. The molecule has 0 rings (SSSR count). The van der Waals surface area contributed by atoms with Gasteiger partial charge in [0.15, 0.2) is 0 Å². The summed E-state index contributed by atoms with van der Waals surface area (Å²) in [6.45, 7) is 8.95. The summed E-state index contributed by atoms with van der Waals surface area (Å²) in [5, 5.41) is 0. The molecule has 0 atom stereocenters. The van der Waals surface area contributed by atoms with Gasteiger partial charge >= 0.3 is 60.6 Å². The molecule has 0 bridgehead atoms. The van der Waals surface area contributed by atoms with E-state index in [0.29, 0.717) is 5.41 Å². The van der Waals surface area contributed by atoms with Gasteiger partial charge in [0, 0.05) is 0 Å². The van der Waals surface area contributed by atoms with Gasteiger partial charge in [-0.05, 0) is 0 Å². The van der Waals surface area contributed by atoms with Crippen molar-refractivity contribution in [3.05, 3.63) is 0 Å². The predicted octanol–water partition coefficient (Wildman–Crippen LogP) is 1.77. The van der Waals surface area contributed by atoms with E-state index in [2.05, 4.69) is 27.7 Å². The Morgan fingerprint density at radius 2 is 1.43 bits per heavy atom. The third-order valence-corrected chi connectivity index (χ3v) is 2.97. The Labute approximate surface area is 60.6 Å². The number of hydrogen-bond acceptors (Lipinski definition) is 0. The second-order valence-electron chi connectivity index (χ2n) is 2.88. The Morgan fingerprint density at radius 3 is 1.43 bits per heavy atom. The molecule has 7 heavy (non-hydrogen) atoms. The summed E-state index contributed by atoms with van der Waals surface area (Å²) >= 11 is 1.57. The molecule has 0 aliphatic heterocycles. The third kappa shape index (κ3) is 3.35. The maximum absolute atomic E-state index is 2.25. The molecule has 1 heteroatoms. The first-order valence-corrected chi connectivity index (χ1v) is 3.73. The fourth-order valence-electron chi connectivity index (χ4n) is 0. The van der Waals surface area contributed by atoms with E-state index in [0.717, 1.165) is 0 Å². The van der Waals surface area contributed by atoms with Crippen molar-refractivity contribution in [3.8, 4) is 0 Å². The normalized spacial score (nSPS) is 11.7. The first-order valence-electron chi connectivity index (χ1n) is 2.50. The van der Waals surface area contributed by atoms with Gasteiger partial charge in [-0.25, -0.2) is 0 Å². The van der Waals surface area contributed by atoms with Crippen LogP contribution in [0.2, 0.25) is 0 Å². The fourth-order valence-corrected chi connectivity index (χ4v) is 0. The zero-order valence-corrected chi connectivity index (χ0v) is 7.96. The summed E-state index contributed by atoms with van der Waals surface area (Å²) < 4.78 is 1.58. The summed E-state index contributed by atoms with van der Waals surface area (Å²) in [7, 11) is 0. The molecule has 0 unspecified atom stereocenters. The Balaban J connectivity index is 3.79. The van der Waals surface area contributed by atoms with Crippen LogP contribution >= 0.6 is 0 Å². The molecule has 0 aromatic rings. The van der Waals surface area contributed by atoms with Crippen molar-refractivity contribution in [3.63, 3.8) is 0 Å². The van der Waals surface area contributed by atoms with Crippen molar-refractivity contribution in [2.24, 2.45) is 5.41 Å². The van der Waals surface area contributed by atoms with Gasteiger partial charge in [-0.1, -0.05) is 0 Å². The molecule has 0 aromatic carbocycles. The van der Waals surface area contributed by atoms with Crippen molar-refractivity contribution in [2.45, 2.75) is 27.7 Å². The second-order valence-corrected chi connectivity index (χ2v) is 4.72. The van der Waals surface area contributed by atoms with E-state index in [1.165, 1.54) is 0 Å². The molecule has 0 amide bonds. The summed E-state index contributed by atoms with van der Waals surface area (Å²) in [6.07, 6.45) is 0. The van der Waals surface area contributed by atoms with Crippen molar-refractivity contribution in [2.75, 3.05) is 0 Å². The molecule has 0 N–H and O–H groups in total. The van der Waals surface area contributed by atoms with E-state index in [1.807, 2.05) is 0 Å². The van der Waals surface area contributed by atoms with Crippen molar-refractivity contribution in [1.82, 2.24) is 0 Å². The second kappa shape index (κ2) is 2.35. The van der Waals surface area contributed by atoms with Gasteiger partial charge in [-0.3, -0.25) is 0 Å². The Morgan fingerprint density at radius 1 is 1.29 bits per heavy atom. The monoisotopic (exact) mass is 174 g/mol. The minimum atomic E-state index is 0.457. The molecular formula is C6H12Zr+2. The quantitative estimate of drug-likeness (QED) is 0.526. The number of rotatable bonds is 0. The molecule has 0 saturated heterocycles. The predicted molar refractivity (Wildman–Crippen MR) is 30.1 cm³/mol. The van der Waals surface area contributed by atoms with Gasteiger partial charge in [0.05, 0.1) is 0 Å². The molecule has 0 radical (unpaired) electrons. The minimum absolute atomic E-state index is 0.457. The van der Waals surface area contributed by atoms with Gasteiger partial charge in [-0.15, -0.1) is 0 Å². The Kier molecular flexibility index (Phi) is 2.60. The van der Waals surface area contributed by atoms with Crippen LogP contribution in [-0.4, -0.2) is 3.21 Å². The summed E-state index contributed by atoms with van der Waals surface area (Å²) in [5.74, 6) is 0. The van der Waals surface area contributed by atoms with E-state index in [1.54, 1.807) is 27.4 Å². The summed E-state index contributed by atoms with van der Waals surface area (Å²) in [4.78, 5) is 0. The van der Waals surface area contributed by atoms with Gasteiger partial charge < -0.3 is 0 Å². The van der Waals surface area contributed by atoms with Crippen LogP contribution in [0.4, 0.5) is 0 Å². The van der Waals surface area contributed by atoms with Crippen LogP contribution in [0.1, 0.15) is 27.7 Å². The molecule has 0 aliphatic carbocycles. The van der Waals surface area contributed by atoms with Crippen LogP contribution in [0.5, 0.6) is 0 Å².